The van der Waals surface area contributed by atoms with E-state index in [-0.39, 0.29) is 43.1 Å². The molecule has 2 aliphatic heterocycles. The van der Waals surface area contributed by atoms with Crippen molar-refractivity contribution in [1.82, 2.24) is 14.7 Å². The van der Waals surface area contributed by atoms with Crippen LogP contribution in [-0.4, -0.2) is 83.3 Å². The average molecular weight is 407 g/mol. The number of carbonyl (C=O) groups is 2. The maximum Gasteiger partial charge on any atom is 0.410 e. The van der Waals surface area contributed by atoms with Crippen LogP contribution < -0.4 is 0 Å². The molecule has 28 heavy (non-hydrogen) atoms. The SMILES string of the molecule is C[C@@H]1CN(C(=O)C2CCN(CC(F)(F)F)CC2)[C@H](C)CN1C(=O)OC(C)(C)C. The quantitative estimate of drug-likeness (QED) is 0.706. The van der Waals surface area contributed by atoms with E-state index in [1.165, 1.54) is 4.90 Å². The third kappa shape index (κ3) is 6.25. The van der Waals surface area contributed by atoms with E-state index in [4.69, 9.17) is 4.74 Å². The maximum atomic E-state index is 13.0. The van der Waals surface area contributed by atoms with Crippen molar-refractivity contribution >= 4 is 12.0 Å². The van der Waals surface area contributed by atoms with Crippen molar-refractivity contribution < 1.29 is 27.5 Å². The number of rotatable bonds is 2. The highest BCUT2D eigenvalue weighted by atomic mass is 19.4. The fraction of sp³-hybridized carbons (Fsp3) is 0.895. The lowest BCUT2D eigenvalue weighted by atomic mass is 9.93. The van der Waals surface area contributed by atoms with E-state index in [9.17, 15) is 22.8 Å². The van der Waals surface area contributed by atoms with Crippen LogP contribution in [0.2, 0.25) is 0 Å². The first-order valence-corrected chi connectivity index (χ1v) is 9.86. The standard InChI is InChI=1S/C19H32F3N3O3/c1-13-11-25(17(27)28-18(3,4)5)14(2)10-24(13)16(26)15-6-8-23(9-7-15)12-19(20,21)22/h13-15H,6-12H2,1-5H3/t13-,14-/m1/s1. The molecule has 0 aromatic rings. The average Bonchev–Trinajstić information content (AvgIpc) is 2.53. The van der Waals surface area contributed by atoms with Gasteiger partial charge in [0.05, 0.1) is 6.54 Å². The third-order valence-electron chi connectivity index (χ3n) is 5.24. The molecule has 2 aliphatic rings. The van der Waals surface area contributed by atoms with Crippen molar-refractivity contribution in [3.63, 3.8) is 0 Å². The summed E-state index contributed by atoms with van der Waals surface area (Å²) in [5.41, 5.74) is -0.586. The lowest BCUT2D eigenvalue weighted by molar-refractivity contribution is -0.152. The maximum absolute atomic E-state index is 13.0. The van der Waals surface area contributed by atoms with E-state index < -0.39 is 18.3 Å². The minimum absolute atomic E-state index is 0.0187. The molecule has 9 heteroatoms. The smallest absolute Gasteiger partial charge is 0.410 e. The second kappa shape index (κ2) is 8.47. The monoisotopic (exact) mass is 407 g/mol. The van der Waals surface area contributed by atoms with Crippen LogP contribution in [0.4, 0.5) is 18.0 Å². The Hall–Kier alpha value is -1.51. The number of piperazine rings is 1. The van der Waals surface area contributed by atoms with Crippen LogP contribution in [0.5, 0.6) is 0 Å². The lowest BCUT2D eigenvalue weighted by Crippen LogP contribution is -2.61. The van der Waals surface area contributed by atoms with Crippen LogP contribution in [0.3, 0.4) is 0 Å². The second-order valence-electron chi connectivity index (χ2n) is 8.99. The minimum atomic E-state index is -4.21. The summed E-state index contributed by atoms with van der Waals surface area (Å²) < 4.78 is 43.0. The Balaban J connectivity index is 1.91. The largest absolute Gasteiger partial charge is 0.444 e. The zero-order chi connectivity index (χ0) is 21.3. The van der Waals surface area contributed by atoms with Gasteiger partial charge < -0.3 is 14.5 Å². The van der Waals surface area contributed by atoms with Gasteiger partial charge in [-0.05, 0) is 60.5 Å². The molecule has 2 atom stereocenters. The summed E-state index contributed by atoms with van der Waals surface area (Å²) in [7, 11) is 0. The highest BCUT2D eigenvalue weighted by Crippen LogP contribution is 2.26. The van der Waals surface area contributed by atoms with Crippen LogP contribution in [0, 0.1) is 5.92 Å². The van der Waals surface area contributed by atoms with Crippen LogP contribution in [0.15, 0.2) is 0 Å². The molecule has 2 saturated heterocycles. The van der Waals surface area contributed by atoms with Gasteiger partial charge in [-0.3, -0.25) is 9.69 Å². The first kappa shape index (κ1) is 22.8. The Morgan fingerprint density at radius 2 is 1.46 bits per heavy atom. The summed E-state index contributed by atoms with van der Waals surface area (Å²) in [6.45, 7) is 9.61. The van der Waals surface area contributed by atoms with Crippen LogP contribution >= 0.6 is 0 Å². The molecule has 6 nitrogen and oxygen atoms in total. The predicted octanol–water partition coefficient (Wildman–Crippen LogP) is 3.12. The van der Waals surface area contributed by atoms with E-state index >= 15 is 0 Å². The van der Waals surface area contributed by atoms with Gasteiger partial charge in [0.1, 0.15) is 5.60 Å². The normalized spacial score (nSPS) is 25.7. The molecule has 0 unspecified atom stereocenters. The number of nitrogens with zero attached hydrogens (tertiary/aromatic N) is 3. The summed E-state index contributed by atoms with van der Waals surface area (Å²) in [6, 6.07) is -0.343. The van der Waals surface area contributed by atoms with Gasteiger partial charge in [-0.1, -0.05) is 0 Å². The number of piperidine rings is 1. The molecule has 0 aromatic carbocycles. The number of likely N-dealkylation sites (tertiary alicyclic amines) is 1. The molecule has 0 N–H and O–H groups in total. The molecule has 0 aliphatic carbocycles. The fourth-order valence-corrected chi connectivity index (χ4v) is 3.83. The molecular weight excluding hydrogens is 375 g/mol. The van der Waals surface area contributed by atoms with Crippen LogP contribution in [0.25, 0.3) is 0 Å². The highest BCUT2D eigenvalue weighted by Gasteiger charge is 2.40. The lowest BCUT2D eigenvalue weighted by Gasteiger charge is -2.45. The van der Waals surface area contributed by atoms with E-state index in [2.05, 4.69) is 0 Å². The number of hydrogen-bond acceptors (Lipinski definition) is 4. The van der Waals surface area contributed by atoms with Crippen molar-refractivity contribution in [1.29, 1.82) is 0 Å². The van der Waals surface area contributed by atoms with Crippen molar-refractivity contribution in [2.24, 2.45) is 5.92 Å². The molecule has 0 bridgehead atoms. The topological polar surface area (TPSA) is 53.1 Å². The minimum Gasteiger partial charge on any atom is -0.444 e. The van der Waals surface area contributed by atoms with Crippen molar-refractivity contribution in [2.45, 2.75) is 71.3 Å². The van der Waals surface area contributed by atoms with Crippen molar-refractivity contribution in [3.05, 3.63) is 0 Å². The van der Waals surface area contributed by atoms with E-state index in [0.29, 0.717) is 25.9 Å². The molecule has 2 rings (SSSR count). The van der Waals surface area contributed by atoms with Crippen LogP contribution in [-0.2, 0) is 9.53 Å². The summed E-state index contributed by atoms with van der Waals surface area (Å²) in [5, 5.41) is 0. The van der Waals surface area contributed by atoms with Gasteiger partial charge in [-0.25, -0.2) is 4.79 Å². The molecular formula is C19H32F3N3O3. The number of alkyl halides is 3. The highest BCUT2D eigenvalue weighted by molar-refractivity contribution is 5.80. The summed E-state index contributed by atoms with van der Waals surface area (Å²) in [6.07, 6.45) is -3.73. The molecule has 2 amide bonds. The first-order chi connectivity index (χ1) is 12.8. The molecule has 0 saturated carbocycles. The Labute approximate surface area is 165 Å². The Morgan fingerprint density at radius 1 is 0.964 bits per heavy atom. The zero-order valence-corrected chi connectivity index (χ0v) is 17.4. The number of amides is 2. The Morgan fingerprint density at radius 3 is 1.96 bits per heavy atom. The number of carbonyl (C=O) groups excluding carboxylic acids is 2. The summed E-state index contributed by atoms with van der Waals surface area (Å²) in [4.78, 5) is 30.1. The van der Waals surface area contributed by atoms with Crippen molar-refractivity contribution in [2.75, 3.05) is 32.7 Å². The van der Waals surface area contributed by atoms with Gasteiger partial charge in [0, 0.05) is 31.1 Å². The molecule has 2 heterocycles. The summed E-state index contributed by atoms with van der Waals surface area (Å²) in [5.74, 6) is -0.276. The number of hydrogen-bond donors (Lipinski definition) is 0. The predicted molar refractivity (Wildman–Crippen MR) is 98.8 cm³/mol. The molecule has 0 aromatic heterocycles. The van der Waals surface area contributed by atoms with E-state index in [0.717, 1.165) is 0 Å². The number of ether oxygens (including phenoxy) is 1. The Bertz CT molecular complexity index is 569. The third-order valence-corrected chi connectivity index (χ3v) is 5.24. The van der Waals surface area contributed by atoms with E-state index in [1.807, 2.05) is 34.6 Å². The second-order valence-corrected chi connectivity index (χ2v) is 8.99. The molecule has 0 spiro atoms. The van der Waals surface area contributed by atoms with Gasteiger partial charge >= 0.3 is 12.3 Å². The molecule has 162 valence electrons. The van der Waals surface area contributed by atoms with Gasteiger partial charge in [-0.15, -0.1) is 0 Å². The van der Waals surface area contributed by atoms with Gasteiger partial charge in [-0.2, -0.15) is 13.2 Å². The summed E-state index contributed by atoms with van der Waals surface area (Å²) >= 11 is 0. The van der Waals surface area contributed by atoms with E-state index in [1.54, 1.807) is 9.80 Å². The van der Waals surface area contributed by atoms with Crippen LogP contribution in [0.1, 0.15) is 47.5 Å². The number of halogens is 3. The molecule has 0 radical (unpaired) electrons. The van der Waals surface area contributed by atoms with Gasteiger partial charge in [0.2, 0.25) is 5.91 Å². The first-order valence-electron chi connectivity index (χ1n) is 9.86. The zero-order valence-electron chi connectivity index (χ0n) is 17.4. The van der Waals surface area contributed by atoms with Crippen molar-refractivity contribution in [3.8, 4) is 0 Å². The van der Waals surface area contributed by atoms with Gasteiger partial charge in [0.15, 0.2) is 0 Å². The molecule has 2 fully saturated rings. The fourth-order valence-electron chi connectivity index (χ4n) is 3.83. The van der Waals surface area contributed by atoms with Gasteiger partial charge in [0.25, 0.3) is 0 Å². The Kier molecular flexibility index (Phi) is 6.89.